The zero-order chi connectivity index (χ0) is 21.8. The number of hydrogen-bond donors (Lipinski definition) is 0. The average molecular weight is 427 g/mol. The number of hydrogen-bond acceptors (Lipinski definition) is 4. The molecule has 3 saturated heterocycles. The normalized spacial score (nSPS) is 24.5. The molecule has 5 rings (SSSR count). The van der Waals surface area contributed by atoms with E-state index in [1.807, 2.05) is 4.90 Å². The monoisotopic (exact) mass is 427 g/mol. The van der Waals surface area contributed by atoms with Crippen LogP contribution in [0.4, 0.5) is 19.0 Å². The Hall–Kier alpha value is -3.05. The number of pyridine rings is 1. The van der Waals surface area contributed by atoms with Gasteiger partial charge in [-0.15, -0.1) is 6.42 Å². The van der Waals surface area contributed by atoms with E-state index in [2.05, 4.69) is 10.9 Å². The van der Waals surface area contributed by atoms with E-state index in [-0.39, 0.29) is 11.5 Å². The first kappa shape index (κ1) is 19.9. The third-order valence-corrected chi connectivity index (χ3v) is 6.48. The fourth-order valence-electron chi connectivity index (χ4n) is 4.94. The van der Waals surface area contributed by atoms with Crippen molar-refractivity contribution < 1.29 is 22.7 Å². The van der Waals surface area contributed by atoms with E-state index in [1.165, 1.54) is 24.4 Å². The summed E-state index contributed by atoms with van der Waals surface area (Å²) in [5.74, 6) is 0.729. The van der Waals surface area contributed by atoms with Gasteiger partial charge in [-0.2, -0.15) is 0 Å². The van der Waals surface area contributed by atoms with E-state index in [9.17, 15) is 18.0 Å². The first-order chi connectivity index (χ1) is 14.9. The van der Waals surface area contributed by atoms with Gasteiger partial charge in [-0.1, -0.05) is 5.92 Å². The van der Waals surface area contributed by atoms with Gasteiger partial charge in [-0.3, -0.25) is 4.79 Å². The van der Waals surface area contributed by atoms with Crippen LogP contribution >= 0.6 is 0 Å². The highest BCUT2D eigenvalue weighted by Crippen LogP contribution is 2.48. The fraction of sp³-hybridized carbons (Fsp3) is 0.391. The number of nitrogens with zero attached hydrogens (tertiary/aromatic N) is 3. The Kier molecular flexibility index (Phi) is 4.67. The summed E-state index contributed by atoms with van der Waals surface area (Å²) < 4.78 is 47.7. The van der Waals surface area contributed by atoms with E-state index in [4.69, 9.17) is 11.2 Å². The van der Waals surface area contributed by atoms with Gasteiger partial charge in [0.2, 0.25) is 0 Å². The van der Waals surface area contributed by atoms with E-state index >= 15 is 0 Å². The summed E-state index contributed by atoms with van der Waals surface area (Å²) in [5, 5.41) is 0. The molecule has 1 amide bonds. The zero-order valence-electron chi connectivity index (χ0n) is 16.7. The molecule has 160 valence electrons. The first-order valence-corrected chi connectivity index (χ1v) is 10.2. The molecular weight excluding hydrogens is 407 g/mol. The highest BCUT2D eigenvalue weighted by molar-refractivity contribution is 5.88. The van der Waals surface area contributed by atoms with Gasteiger partial charge in [-0.25, -0.2) is 18.2 Å². The lowest BCUT2D eigenvalue weighted by Gasteiger charge is -2.38. The van der Waals surface area contributed by atoms with Gasteiger partial charge in [0.15, 0.2) is 5.60 Å². The number of anilines is 1. The molecule has 2 atom stereocenters. The molecule has 2 aromatic rings. The number of piperidine rings is 1. The standard InChI is InChI=1S/C23H20F3N3O2/c1-2-14-13-27-20(12-18(14)26)28-7-5-23(6-8-28)22(30)29-19(3-4-21(29)31-23)15-9-16(24)11-17(25)10-15/h1,9-13,19,21H,3-8H2/t19-,21+/m0/s1. The largest absolute Gasteiger partial charge is 0.356 e. The molecule has 0 radical (unpaired) electrons. The summed E-state index contributed by atoms with van der Waals surface area (Å²) in [6.45, 7) is 0.931. The summed E-state index contributed by atoms with van der Waals surface area (Å²) >= 11 is 0. The molecule has 0 N–H and O–H groups in total. The van der Waals surface area contributed by atoms with Crippen molar-refractivity contribution in [3.05, 3.63) is 59.0 Å². The third kappa shape index (κ3) is 3.24. The molecule has 0 saturated carbocycles. The quantitative estimate of drug-likeness (QED) is 0.688. The molecule has 0 bridgehead atoms. The van der Waals surface area contributed by atoms with Crippen LogP contribution in [-0.4, -0.2) is 40.7 Å². The molecule has 3 aliphatic rings. The summed E-state index contributed by atoms with van der Waals surface area (Å²) in [4.78, 5) is 21.2. The number of amides is 1. The Morgan fingerprint density at radius 3 is 2.45 bits per heavy atom. The van der Waals surface area contributed by atoms with E-state index in [0.29, 0.717) is 50.2 Å². The summed E-state index contributed by atoms with van der Waals surface area (Å²) in [5.41, 5.74) is -0.421. The van der Waals surface area contributed by atoms with Crippen LogP contribution in [0.15, 0.2) is 30.5 Å². The Bertz CT molecular complexity index is 1070. The lowest BCUT2D eigenvalue weighted by atomic mass is 9.89. The molecule has 5 nitrogen and oxygen atoms in total. The minimum absolute atomic E-state index is 0.104. The maximum absolute atomic E-state index is 14.0. The molecule has 3 fully saturated rings. The van der Waals surface area contributed by atoms with Crippen molar-refractivity contribution in [2.45, 2.75) is 43.6 Å². The highest BCUT2D eigenvalue weighted by Gasteiger charge is 2.58. The number of halogens is 3. The van der Waals surface area contributed by atoms with Gasteiger partial charge in [0.1, 0.15) is 29.5 Å². The fourth-order valence-corrected chi connectivity index (χ4v) is 4.94. The zero-order valence-corrected chi connectivity index (χ0v) is 16.7. The number of aromatic nitrogens is 1. The van der Waals surface area contributed by atoms with Crippen molar-refractivity contribution in [1.82, 2.24) is 9.88 Å². The molecular formula is C23H20F3N3O2. The molecule has 1 aromatic heterocycles. The van der Waals surface area contributed by atoms with Crippen molar-refractivity contribution in [3.63, 3.8) is 0 Å². The number of fused-ring (bicyclic) bond motifs is 1. The van der Waals surface area contributed by atoms with Gasteiger partial charge in [0, 0.05) is 44.3 Å². The Labute approximate surface area is 177 Å². The van der Waals surface area contributed by atoms with Crippen molar-refractivity contribution >= 4 is 11.7 Å². The maximum Gasteiger partial charge on any atom is 0.257 e. The minimum Gasteiger partial charge on any atom is -0.356 e. The number of carbonyl (C=O) groups excluding carboxylic acids is 1. The van der Waals surface area contributed by atoms with Crippen LogP contribution in [0, 0.1) is 29.8 Å². The minimum atomic E-state index is -0.969. The molecule has 0 unspecified atom stereocenters. The Morgan fingerprint density at radius 2 is 1.81 bits per heavy atom. The second-order valence-corrected chi connectivity index (χ2v) is 8.23. The van der Waals surface area contributed by atoms with Crippen LogP contribution < -0.4 is 4.90 Å². The van der Waals surface area contributed by atoms with Crippen LogP contribution in [0.2, 0.25) is 0 Å². The molecule has 1 spiro atoms. The van der Waals surface area contributed by atoms with E-state index in [0.717, 1.165) is 6.07 Å². The lowest BCUT2D eigenvalue weighted by Crippen LogP contribution is -2.50. The van der Waals surface area contributed by atoms with Crippen molar-refractivity contribution in [3.8, 4) is 12.3 Å². The number of benzene rings is 1. The van der Waals surface area contributed by atoms with Crippen LogP contribution in [0.25, 0.3) is 0 Å². The predicted molar refractivity (Wildman–Crippen MR) is 106 cm³/mol. The predicted octanol–water partition coefficient (Wildman–Crippen LogP) is 3.54. The molecule has 3 aliphatic heterocycles. The second kappa shape index (κ2) is 7.27. The number of rotatable bonds is 2. The molecule has 1 aromatic carbocycles. The van der Waals surface area contributed by atoms with Gasteiger partial charge < -0.3 is 14.5 Å². The van der Waals surface area contributed by atoms with Crippen LogP contribution in [0.5, 0.6) is 0 Å². The number of ether oxygens (including phenoxy) is 1. The lowest BCUT2D eigenvalue weighted by molar-refractivity contribution is -0.140. The summed E-state index contributed by atoms with van der Waals surface area (Å²) in [7, 11) is 0. The topological polar surface area (TPSA) is 45.7 Å². The van der Waals surface area contributed by atoms with Gasteiger partial charge in [-0.05, 0) is 30.5 Å². The van der Waals surface area contributed by atoms with Crippen LogP contribution in [-0.2, 0) is 9.53 Å². The first-order valence-electron chi connectivity index (χ1n) is 10.2. The maximum atomic E-state index is 14.0. The number of terminal acetylenes is 1. The van der Waals surface area contributed by atoms with Crippen LogP contribution in [0.3, 0.4) is 0 Å². The molecule has 0 aliphatic carbocycles. The van der Waals surface area contributed by atoms with Crippen molar-refractivity contribution in [2.75, 3.05) is 18.0 Å². The highest BCUT2D eigenvalue weighted by atomic mass is 19.1. The van der Waals surface area contributed by atoms with Crippen molar-refractivity contribution in [2.24, 2.45) is 0 Å². The van der Waals surface area contributed by atoms with Gasteiger partial charge >= 0.3 is 0 Å². The Morgan fingerprint density at radius 1 is 1.10 bits per heavy atom. The third-order valence-electron chi connectivity index (χ3n) is 6.48. The van der Waals surface area contributed by atoms with Crippen molar-refractivity contribution in [1.29, 1.82) is 0 Å². The average Bonchev–Trinajstić information content (AvgIpc) is 3.26. The summed E-state index contributed by atoms with van der Waals surface area (Å²) in [6.07, 6.45) is 8.21. The summed E-state index contributed by atoms with van der Waals surface area (Å²) in [6, 6.07) is 4.26. The molecule has 31 heavy (non-hydrogen) atoms. The number of carbonyl (C=O) groups is 1. The van der Waals surface area contributed by atoms with E-state index < -0.39 is 35.3 Å². The SMILES string of the molecule is C#Cc1cnc(N2CCC3(CC2)O[C@@H]2CC[C@@H](c4cc(F)cc(F)c4)N2C3=O)cc1F. The van der Waals surface area contributed by atoms with Crippen LogP contribution in [0.1, 0.15) is 42.9 Å². The Balaban J connectivity index is 1.33. The smallest absolute Gasteiger partial charge is 0.257 e. The van der Waals surface area contributed by atoms with Gasteiger partial charge in [0.05, 0.1) is 11.6 Å². The second-order valence-electron chi connectivity index (χ2n) is 8.23. The van der Waals surface area contributed by atoms with E-state index in [1.54, 1.807) is 4.90 Å². The van der Waals surface area contributed by atoms with Gasteiger partial charge in [0.25, 0.3) is 5.91 Å². The molecule has 8 heteroatoms. The molecule has 4 heterocycles.